The van der Waals surface area contributed by atoms with Crippen LogP contribution in [-0.2, 0) is 0 Å². The van der Waals surface area contributed by atoms with Gasteiger partial charge in [0.1, 0.15) is 0 Å². The molecule has 0 unspecified atom stereocenters. The van der Waals surface area contributed by atoms with Crippen molar-refractivity contribution in [1.82, 2.24) is 4.98 Å². The van der Waals surface area contributed by atoms with E-state index in [9.17, 15) is 0 Å². The van der Waals surface area contributed by atoms with Crippen molar-refractivity contribution in [3.63, 3.8) is 0 Å². The zero-order valence-electron chi connectivity index (χ0n) is 4.10. The van der Waals surface area contributed by atoms with Crippen LogP contribution in [-0.4, -0.2) is 4.98 Å². The van der Waals surface area contributed by atoms with Gasteiger partial charge in [-0.2, -0.15) is 0 Å². The van der Waals surface area contributed by atoms with Gasteiger partial charge in [-0.05, 0) is 18.6 Å². The molecule has 7 heavy (non-hydrogen) atoms. The van der Waals surface area contributed by atoms with Crippen molar-refractivity contribution in [3.05, 3.63) is 17.8 Å². The molecule has 1 nitrogen and oxygen atoms in total. The number of nitrogens with one attached hydrogen (secondary N) is 1. The maximum Gasteiger partial charge on any atom is 0.0516 e. The lowest BCUT2D eigenvalue weighted by molar-refractivity contribution is 1.46. The Morgan fingerprint density at radius 3 is 2.57 bits per heavy atom. The number of aromatic amines is 1. The Hall–Kier alpha value is -0.290. The molecule has 0 aliphatic heterocycles. The Bertz CT molecular complexity index is 140. The summed E-state index contributed by atoms with van der Waals surface area (Å²) in [6, 6.07) is 1.99. The van der Waals surface area contributed by atoms with E-state index >= 15 is 0 Å². The highest BCUT2D eigenvalue weighted by Gasteiger charge is 1.87. The van der Waals surface area contributed by atoms with Crippen molar-refractivity contribution in [3.8, 4) is 0 Å². The monoisotopic (exact) mass is 111 g/mol. The predicted octanol–water partition coefficient (Wildman–Crippen LogP) is 1.36. The number of rotatable bonds is 0. The fourth-order valence-electron chi connectivity index (χ4n) is 0.438. The Kier molecular flexibility index (Phi) is 1.16. The normalized spacial score (nSPS) is 9.43. The van der Waals surface area contributed by atoms with Gasteiger partial charge < -0.3 is 4.98 Å². The zero-order chi connectivity index (χ0) is 5.28. The van der Waals surface area contributed by atoms with Crippen LogP contribution in [0.2, 0.25) is 0 Å². The third-order valence-electron chi connectivity index (χ3n) is 0.927. The standard InChI is InChI=1S/C5H6NP/c1-4-2-3-6-5(4)7/h2-3,6H,1H3. The fourth-order valence-corrected chi connectivity index (χ4v) is 0.587. The molecule has 0 fully saturated rings. The Labute approximate surface area is 45.3 Å². The van der Waals surface area contributed by atoms with Crippen molar-refractivity contribution in [2.75, 3.05) is 0 Å². The number of hydrogen-bond donors (Lipinski definition) is 1. The second-order valence-electron chi connectivity index (χ2n) is 1.51. The first-order chi connectivity index (χ1) is 3.30. The molecule has 0 amide bonds. The molecule has 0 bridgehead atoms. The Balaban J connectivity index is 3.12. The van der Waals surface area contributed by atoms with Crippen LogP contribution in [0.15, 0.2) is 12.3 Å². The minimum Gasteiger partial charge on any atom is -0.361 e. The summed E-state index contributed by atoms with van der Waals surface area (Å²) >= 11 is 0. The summed E-state index contributed by atoms with van der Waals surface area (Å²) in [5.41, 5.74) is 2.16. The quantitative estimate of drug-likeness (QED) is 0.486. The summed E-state index contributed by atoms with van der Waals surface area (Å²) < 4.78 is 0. The second kappa shape index (κ2) is 1.67. The zero-order valence-corrected chi connectivity index (χ0v) is 5.00. The van der Waals surface area contributed by atoms with Crippen LogP contribution in [0.1, 0.15) is 5.56 Å². The van der Waals surface area contributed by atoms with Crippen molar-refractivity contribution >= 4 is 14.7 Å². The molecule has 1 heterocycles. The Morgan fingerprint density at radius 1 is 1.71 bits per heavy atom. The highest BCUT2D eigenvalue weighted by molar-refractivity contribution is 7.27. The number of hydrogen-bond acceptors (Lipinski definition) is 0. The molecule has 0 saturated carbocycles. The SMILES string of the molecule is Cc1cc[nH]c1[P]. The van der Waals surface area contributed by atoms with Gasteiger partial charge in [0, 0.05) is 15.4 Å². The van der Waals surface area contributed by atoms with E-state index in [2.05, 4.69) is 14.2 Å². The molecule has 1 rings (SSSR count). The molecule has 1 N–H and O–H groups in total. The maximum atomic E-state index is 4.09. The highest BCUT2D eigenvalue weighted by Crippen LogP contribution is 1.93. The molecule has 0 spiro atoms. The molecule has 2 radical (unpaired) electrons. The maximum absolute atomic E-state index is 4.09. The van der Waals surface area contributed by atoms with E-state index in [0.29, 0.717) is 0 Å². The average molecular weight is 111 g/mol. The van der Waals surface area contributed by atoms with Crippen LogP contribution in [0.3, 0.4) is 0 Å². The van der Waals surface area contributed by atoms with Gasteiger partial charge in [0.25, 0.3) is 0 Å². The van der Waals surface area contributed by atoms with E-state index in [-0.39, 0.29) is 0 Å². The lowest BCUT2D eigenvalue weighted by Crippen LogP contribution is -1.91. The smallest absolute Gasteiger partial charge is 0.0516 e. The second-order valence-corrected chi connectivity index (χ2v) is 1.96. The van der Waals surface area contributed by atoms with Crippen molar-refractivity contribution in [1.29, 1.82) is 0 Å². The van der Waals surface area contributed by atoms with E-state index in [1.54, 1.807) is 0 Å². The van der Waals surface area contributed by atoms with E-state index in [0.717, 1.165) is 5.44 Å². The number of aromatic nitrogens is 1. The lowest BCUT2D eigenvalue weighted by Gasteiger charge is -1.79. The first-order valence-corrected chi connectivity index (χ1v) is 2.58. The molecular formula is C5H6NP. The molecule has 2 heteroatoms. The van der Waals surface area contributed by atoms with Gasteiger partial charge in [-0.15, -0.1) is 0 Å². The van der Waals surface area contributed by atoms with Gasteiger partial charge in [-0.3, -0.25) is 0 Å². The van der Waals surface area contributed by atoms with Gasteiger partial charge in [0.15, 0.2) is 0 Å². The van der Waals surface area contributed by atoms with Gasteiger partial charge in [0.05, 0.1) is 5.44 Å². The number of H-pyrrole nitrogens is 1. The molecular weight excluding hydrogens is 105 g/mol. The van der Waals surface area contributed by atoms with Crippen LogP contribution in [0.25, 0.3) is 0 Å². The summed E-state index contributed by atoms with van der Waals surface area (Å²) in [4.78, 5) is 2.93. The lowest BCUT2D eigenvalue weighted by atomic mass is 10.4. The summed E-state index contributed by atoms with van der Waals surface area (Å²) in [7, 11) is 4.09. The highest BCUT2D eigenvalue weighted by atomic mass is 31.0. The average Bonchev–Trinajstić information content (AvgIpc) is 1.91. The molecule has 1 aromatic heterocycles. The van der Waals surface area contributed by atoms with Gasteiger partial charge >= 0.3 is 0 Å². The molecule has 36 valence electrons. The van der Waals surface area contributed by atoms with Gasteiger partial charge in [-0.25, -0.2) is 0 Å². The number of aryl methyl sites for hydroxylation is 1. The molecule has 0 atom stereocenters. The first kappa shape index (κ1) is 4.86. The minimum atomic E-state index is 0.958. The van der Waals surface area contributed by atoms with Crippen LogP contribution >= 0.6 is 9.24 Å². The van der Waals surface area contributed by atoms with Gasteiger partial charge in [-0.1, -0.05) is 0 Å². The molecule has 0 saturated heterocycles. The van der Waals surface area contributed by atoms with Crippen LogP contribution in [0.5, 0.6) is 0 Å². The summed E-state index contributed by atoms with van der Waals surface area (Å²) in [5, 5.41) is 0. The molecule has 0 aliphatic rings. The summed E-state index contributed by atoms with van der Waals surface area (Å²) in [6.45, 7) is 2.01. The van der Waals surface area contributed by atoms with Gasteiger partial charge in [0.2, 0.25) is 0 Å². The van der Waals surface area contributed by atoms with Crippen molar-refractivity contribution in [2.45, 2.75) is 6.92 Å². The summed E-state index contributed by atoms with van der Waals surface area (Å²) in [5.74, 6) is 0. The third-order valence-corrected chi connectivity index (χ3v) is 1.41. The van der Waals surface area contributed by atoms with E-state index in [4.69, 9.17) is 0 Å². The van der Waals surface area contributed by atoms with Crippen LogP contribution in [0.4, 0.5) is 0 Å². The van der Waals surface area contributed by atoms with Crippen molar-refractivity contribution in [2.24, 2.45) is 0 Å². The summed E-state index contributed by atoms with van der Waals surface area (Å²) in [6.07, 6.45) is 1.87. The van der Waals surface area contributed by atoms with E-state index < -0.39 is 0 Å². The largest absolute Gasteiger partial charge is 0.361 e. The fraction of sp³-hybridized carbons (Fsp3) is 0.200. The molecule has 0 aromatic carbocycles. The van der Waals surface area contributed by atoms with Crippen molar-refractivity contribution < 1.29 is 0 Å². The topological polar surface area (TPSA) is 15.8 Å². The molecule has 1 aromatic rings. The third kappa shape index (κ3) is 0.834. The minimum absolute atomic E-state index is 0.958. The molecule has 0 aliphatic carbocycles. The van der Waals surface area contributed by atoms with Crippen LogP contribution < -0.4 is 5.44 Å². The predicted molar refractivity (Wildman–Crippen MR) is 32.1 cm³/mol. The first-order valence-electron chi connectivity index (χ1n) is 2.13. The van der Waals surface area contributed by atoms with E-state index in [1.165, 1.54) is 5.56 Å². The van der Waals surface area contributed by atoms with E-state index in [1.807, 2.05) is 19.2 Å². The van der Waals surface area contributed by atoms with Crippen LogP contribution in [0, 0.1) is 6.92 Å². The Morgan fingerprint density at radius 2 is 2.43 bits per heavy atom.